The lowest BCUT2D eigenvalue weighted by molar-refractivity contribution is 0.102. The molecule has 2 heterocycles. The molecule has 3 N–H and O–H groups in total. The maximum absolute atomic E-state index is 12.3. The average Bonchev–Trinajstić information content (AvgIpc) is 2.47. The summed E-state index contributed by atoms with van der Waals surface area (Å²) >= 11 is 0. The molecule has 0 atom stereocenters. The summed E-state index contributed by atoms with van der Waals surface area (Å²) in [5, 5.41) is 11.8. The van der Waals surface area contributed by atoms with Crippen molar-refractivity contribution >= 4 is 17.4 Å². The number of aryl methyl sites for hydroxylation is 1. The summed E-state index contributed by atoms with van der Waals surface area (Å²) in [6.07, 6.45) is 2.47. The number of nitrogens with one attached hydrogen (secondary N) is 3. The number of hydrogen-bond donors (Lipinski definition) is 3. The Kier molecular flexibility index (Phi) is 4.65. The predicted octanol–water partition coefficient (Wildman–Crippen LogP) is 1.55. The van der Waals surface area contributed by atoms with Crippen LogP contribution in [0.3, 0.4) is 0 Å². The fourth-order valence-corrected chi connectivity index (χ4v) is 1.74. The number of anilines is 2. The van der Waals surface area contributed by atoms with Gasteiger partial charge in [-0.1, -0.05) is 6.92 Å². The molecule has 0 spiro atoms. The van der Waals surface area contributed by atoms with Crippen molar-refractivity contribution in [3.05, 3.63) is 46.0 Å². The Morgan fingerprint density at radius 2 is 2.19 bits per heavy atom. The summed E-state index contributed by atoms with van der Waals surface area (Å²) < 4.78 is 0. The third-order valence-corrected chi connectivity index (χ3v) is 2.77. The fourth-order valence-electron chi connectivity index (χ4n) is 1.74. The zero-order valence-electron chi connectivity index (χ0n) is 11.9. The minimum absolute atomic E-state index is 0.279. The summed E-state index contributed by atoms with van der Waals surface area (Å²) in [7, 11) is 0. The molecule has 2 aromatic rings. The van der Waals surface area contributed by atoms with Gasteiger partial charge in [-0.3, -0.25) is 14.6 Å². The van der Waals surface area contributed by atoms with Crippen LogP contribution in [-0.2, 0) is 0 Å². The lowest BCUT2D eigenvalue weighted by atomic mass is 10.2. The van der Waals surface area contributed by atoms with E-state index in [1.165, 1.54) is 18.3 Å². The van der Waals surface area contributed by atoms with E-state index < -0.39 is 0 Å². The highest BCUT2D eigenvalue weighted by molar-refractivity contribution is 6.07. The monoisotopic (exact) mass is 287 g/mol. The number of hydrogen-bond acceptors (Lipinski definition) is 5. The molecular formula is C14H17N5O2. The quantitative estimate of drug-likeness (QED) is 0.774. The van der Waals surface area contributed by atoms with E-state index in [4.69, 9.17) is 0 Å². The Morgan fingerprint density at radius 1 is 1.38 bits per heavy atom. The molecule has 7 nitrogen and oxygen atoms in total. The topological polar surface area (TPSA) is 99.8 Å². The van der Waals surface area contributed by atoms with Gasteiger partial charge in [-0.2, -0.15) is 5.10 Å². The molecule has 2 rings (SSSR count). The van der Waals surface area contributed by atoms with E-state index in [2.05, 4.69) is 25.8 Å². The molecule has 0 aliphatic rings. The van der Waals surface area contributed by atoms with E-state index in [0.29, 0.717) is 5.56 Å². The minimum Gasteiger partial charge on any atom is -0.384 e. The van der Waals surface area contributed by atoms with Crippen LogP contribution in [0.2, 0.25) is 0 Å². The highest BCUT2D eigenvalue weighted by atomic mass is 16.2. The van der Waals surface area contributed by atoms with Gasteiger partial charge in [0, 0.05) is 24.5 Å². The summed E-state index contributed by atoms with van der Waals surface area (Å²) in [6, 6.07) is 4.56. The number of carbonyl (C=O) groups is 1. The van der Waals surface area contributed by atoms with Crippen LogP contribution >= 0.6 is 0 Å². The molecule has 2 aromatic heterocycles. The molecule has 0 unspecified atom stereocenters. The summed E-state index contributed by atoms with van der Waals surface area (Å²) in [5.41, 5.74) is 1.66. The van der Waals surface area contributed by atoms with Crippen LogP contribution in [0.25, 0.3) is 0 Å². The van der Waals surface area contributed by atoms with Gasteiger partial charge < -0.3 is 10.6 Å². The van der Waals surface area contributed by atoms with E-state index in [9.17, 15) is 9.59 Å². The summed E-state index contributed by atoms with van der Waals surface area (Å²) in [6.45, 7) is 4.67. The van der Waals surface area contributed by atoms with Crippen molar-refractivity contribution in [2.24, 2.45) is 0 Å². The molecule has 0 aromatic carbocycles. The highest BCUT2D eigenvalue weighted by Crippen LogP contribution is 2.17. The SMILES string of the molecule is CCCNc1cc(C)ncc1C(=O)Nc1ccc(=O)[nH]n1. The Morgan fingerprint density at radius 3 is 2.86 bits per heavy atom. The first-order valence-electron chi connectivity index (χ1n) is 6.67. The van der Waals surface area contributed by atoms with Crippen molar-refractivity contribution in [1.29, 1.82) is 0 Å². The van der Waals surface area contributed by atoms with Gasteiger partial charge in [-0.15, -0.1) is 0 Å². The lowest BCUT2D eigenvalue weighted by Crippen LogP contribution is -2.18. The second-order valence-electron chi connectivity index (χ2n) is 4.56. The maximum atomic E-state index is 12.3. The number of pyridine rings is 1. The smallest absolute Gasteiger partial charge is 0.264 e. The van der Waals surface area contributed by atoms with Crippen molar-refractivity contribution in [3.8, 4) is 0 Å². The van der Waals surface area contributed by atoms with Crippen molar-refractivity contribution in [3.63, 3.8) is 0 Å². The van der Waals surface area contributed by atoms with E-state index in [1.807, 2.05) is 19.9 Å². The molecule has 0 bridgehead atoms. The molecule has 0 radical (unpaired) electrons. The molecule has 0 saturated heterocycles. The van der Waals surface area contributed by atoms with Gasteiger partial charge >= 0.3 is 0 Å². The molecular weight excluding hydrogens is 270 g/mol. The number of carbonyl (C=O) groups excluding carboxylic acids is 1. The first-order chi connectivity index (χ1) is 10.1. The van der Waals surface area contributed by atoms with E-state index in [1.54, 1.807) is 0 Å². The van der Waals surface area contributed by atoms with Crippen molar-refractivity contribution in [2.75, 3.05) is 17.2 Å². The second kappa shape index (κ2) is 6.65. The van der Waals surface area contributed by atoms with Gasteiger partial charge in [-0.25, -0.2) is 5.10 Å². The van der Waals surface area contributed by atoms with E-state index in [0.717, 1.165) is 24.3 Å². The van der Waals surface area contributed by atoms with Crippen LogP contribution in [0, 0.1) is 6.92 Å². The molecule has 21 heavy (non-hydrogen) atoms. The fraction of sp³-hybridized carbons (Fsp3) is 0.286. The second-order valence-corrected chi connectivity index (χ2v) is 4.56. The van der Waals surface area contributed by atoms with Crippen LogP contribution in [0.1, 0.15) is 29.4 Å². The summed E-state index contributed by atoms with van der Waals surface area (Å²) in [5.74, 6) is -0.0535. The van der Waals surface area contributed by atoms with Crippen molar-refractivity contribution in [2.45, 2.75) is 20.3 Å². The van der Waals surface area contributed by atoms with Crippen LogP contribution < -0.4 is 16.2 Å². The molecule has 1 amide bonds. The molecule has 7 heteroatoms. The highest BCUT2D eigenvalue weighted by Gasteiger charge is 2.13. The van der Waals surface area contributed by atoms with Crippen LogP contribution in [0.15, 0.2) is 29.2 Å². The molecule has 0 fully saturated rings. The van der Waals surface area contributed by atoms with Gasteiger partial charge in [0.2, 0.25) is 0 Å². The van der Waals surface area contributed by atoms with Gasteiger partial charge in [0.1, 0.15) is 0 Å². The van der Waals surface area contributed by atoms with Crippen molar-refractivity contribution < 1.29 is 4.79 Å². The standard InChI is InChI=1S/C14H17N5O2/c1-3-6-15-11-7-9(2)16-8-10(11)14(21)17-12-4-5-13(20)19-18-12/h4-5,7-8H,3,6H2,1-2H3,(H,15,16)(H,19,20)(H,17,18,21). The first-order valence-corrected chi connectivity index (χ1v) is 6.67. The van der Waals surface area contributed by atoms with Gasteiger partial charge in [0.15, 0.2) is 5.82 Å². The number of aromatic amines is 1. The third-order valence-electron chi connectivity index (χ3n) is 2.77. The van der Waals surface area contributed by atoms with Gasteiger partial charge in [0.05, 0.1) is 11.3 Å². The average molecular weight is 287 g/mol. The number of amides is 1. The van der Waals surface area contributed by atoms with Gasteiger partial charge in [0.25, 0.3) is 11.5 Å². The Hall–Kier alpha value is -2.70. The van der Waals surface area contributed by atoms with Crippen LogP contribution in [-0.4, -0.2) is 27.6 Å². The number of aromatic nitrogens is 3. The number of nitrogens with zero attached hydrogens (tertiary/aromatic N) is 2. The number of H-pyrrole nitrogens is 1. The Balaban J connectivity index is 2.21. The van der Waals surface area contributed by atoms with Gasteiger partial charge in [-0.05, 0) is 25.5 Å². The third kappa shape index (κ3) is 3.88. The van der Waals surface area contributed by atoms with Crippen LogP contribution in [0.5, 0.6) is 0 Å². The van der Waals surface area contributed by atoms with E-state index in [-0.39, 0.29) is 17.3 Å². The predicted molar refractivity (Wildman–Crippen MR) is 80.6 cm³/mol. The zero-order chi connectivity index (χ0) is 15.2. The molecule has 110 valence electrons. The molecule has 0 aliphatic heterocycles. The van der Waals surface area contributed by atoms with Crippen molar-refractivity contribution in [1.82, 2.24) is 15.2 Å². The Bertz CT molecular complexity index is 676. The van der Waals surface area contributed by atoms with E-state index >= 15 is 0 Å². The molecule has 0 saturated carbocycles. The lowest BCUT2D eigenvalue weighted by Gasteiger charge is -2.11. The maximum Gasteiger partial charge on any atom is 0.264 e. The minimum atomic E-state index is -0.333. The molecule has 0 aliphatic carbocycles. The largest absolute Gasteiger partial charge is 0.384 e. The zero-order valence-corrected chi connectivity index (χ0v) is 11.9. The number of rotatable bonds is 5. The summed E-state index contributed by atoms with van der Waals surface area (Å²) in [4.78, 5) is 27.4. The first kappa shape index (κ1) is 14.7. The normalized spacial score (nSPS) is 10.2. The van der Waals surface area contributed by atoms with Crippen LogP contribution in [0.4, 0.5) is 11.5 Å². The Labute approximate surface area is 121 Å².